The zero-order valence-corrected chi connectivity index (χ0v) is 35.8. The third-order valence-electron chi connectivity index (χ3n) is 9.40. The summed E-state index contributed by atoms with van der Waals surface area (Å²) in [5, 5.41) is 42.0. The Labute approximate surface area is 346 Å². The van der Waals surface area contributed by atoms with Crippen LogP contribution in [0.4, 0.5) is 0 Å². The number of hydrogen-bond acceptors (Lipinski definition) is 8. The number of hydrogen-bond donors (Lipinski definition) is 2. The van der Waals surface area contributed by atoms with Gasteiger partial charge in [-0.15, -0.1) is 20.4 Å². The van der Waals surface area contributed by atoms with Crippen molar-refractivity contribution >= 4 is 112 Å². The van der Waals surface area contributed by atoms with Gasteiger partial charge in [0.05, 0.1) is 21.4 Å². The van der Waals surface area contributed by atoms with E-state index < -0.39 is 21.4 Å². The van der Waals surface area contributed by atoms with Gasteiger partial charge in [-0.25, -0.2) is 0 Å². The standard InChI is InChI=1S/2C19H17BrClN3O2S/c2*1-19(2,16(25)26)27-18-23-22-17(20)24(18)15-12-6-4-3-5-11(12)13(9-14(15)21)10-7-8-10/h2*3-6,9-10H,7-8H2,1-2H3,(H,25,26). The maximum atomic E-state index is 11.6. The second kappa shape index (κ2) is 15.1. The van der Waals surface area contributed by atoms with E-state index in [-0.39, 0.29) is 0 Å². The van der Waals surface area contributed by atoms with Crippen LogP contribution in [0.1, 0.15) is 76.3 Å². The Hall–Kier alpha value is -3.14. The Kier molecular flexibility index (Phi) is 10.9. The van der Waals surface area contributed by atoms with Crippen molar-refractivity contribution in [2.75, 3.05) is 0 Å². The summed E-state index contributed by atoms with van der Waals surface area (Å²) in [6.07, 6.45) is 4.74. The molecule has 10 nitrogen and oxygen atoms in total. The maximum absolute atomic E-state index is 11.6. The molecule has 2 N–H and O–H groups in total. The van der Waals surface area contributed by atoms with Crippen molar-refractivity contribution in [2.45, 2.75) is 85.0 Å². The molecule has 0 unspecified atom stereocenters. The minimum absolute atomic E-state index is 0.473. The lowest BCUT2D eigenvalue weighted by atomic mass is 9.99. The van der Waals surface area contributed by atoms with Crippen LogP contribution in [0.3, 0.4) is 0 Å². The van der Waals surface area contributed by atoms with Crippen LogP contribution in [0.25, 0.3) is 32.9 Å². The first kappa shape index (κ1) is 39.1. The molecular formula is C38H34Br2Cl2N6O4S2. The lowest BCUT2D eigenvalue weighted by Gasteiger charge is -2.20. The van der Waals surface area contributed by atoms with Gasteiger partial charge in [0.25, 0.3) is 0 Å². The molecule has 280 valence electrons. The quantitative estimate of drug-likeness (QED) is 0.128. The molecule has 6 aromatic rings. The third-order valence-corrected chi connectivity index (χ3v) is 13.3. The Morgan fingerprint density at radius 2 is 0.981 bits per heavy atom. The number of nitrogens with zero attached hydrogens (tertiary/aromatic N) is 6. The molecule has 2 saturated carbocycles. The van der Waals surface area contributed by atoms with Crippen LogP contribution in [0.2, 0.25) is 10.0 Å². The number of aromatic nitrogens is 6. The second-order valence-electron chi connectivity index (χ2n) is 14.2. The van der Waals surface area contributed by atoms with Crippen LogP contribution < -0.4 is 0 Å². The fourth-order valence-electron chi connectivity index (χ4n) is 6.18. The van der Waals surface area contributed by atoms with Gasteiger partial charge in [-0.2, -0.15) is 0 Å². The SMILES string of the molecule is CC(C)(Sc1nnc(Br)n1-c1c(Cl)cc(C2CC2)c2ccccc12)C(=O)O.CC(C)(Sc1nnc(Br)n1-c1c(Cl)cc(C2CC2)c2ccccc12)C(=O)O. The van der Waals surface area contributed by atoms with Crippen molar-refractivity contribution in [2.24, 2.45) is 0 Å². The van der Waals surface area contributed by atoms with Crippen molar-refractivity contribution in [3.63, 3.8) is 0 Å². The minimum atomic E-state index is -1.06. The Bertz CT molecular complexity index is 2290. The Balaban J connectivity index is 0.000000167. The van der Waals surface area contributed by atoms with Crippen molar-refractivity contribution in [3.8, 4) is 11.4 Å². The fourth-order valence-corrected chi connectivity index (χ4v) is 9.66. The molecule has 2 aliphatic rings. The second-order valence-corrected chi connectivity index (χ2v) is 19.7. The molecular weight excluding hydrogens is 899 g/mol. The van der Waals surface area contributed by atoms with E-state index in [0.29, 0.717) is 41.7 Å². The molecule has 4 aromatic carbocycles. The Morgan fingerprint density at radius 3 is 1.30 bits per heavy atom. The first-order valence-electron chi connectivity index (χ1n) is 17.1. The molecule has 8 rings (SSSR count). The number of carboxylic acids is 2. The van der Waals surface area contributed by atoms with Gasteiger partial charge < -0.3 is 10.2 Å². The van der Waals surface area contributed by atoms with Gasteiger partial charge in [-0.1, -0.05) is 95.3 Å². The topological polar surface area (TPSA) is 136 Å². The number of aliphatic carboxylic acids is 2. The zero-order chi connectivity index (χ0) is 38.7. The molecule has 16 heteroatoms. The number of halogens is 4. The predicted molar refractivity (Wildman–Crippen MR) is 222 cm³/mol. The van der Waals surface area contributed by atoms with E-state index in [1.54, 1.807) is 36.8 Å². The summed E-state index contributed by atoms with van der Waals surface area (Å²) in [6.45, 7) is 6.57. The van der Waals surface area contributed by atoms with E-state index in [4.69, 9.17) is 23.2 Å². The number of carbonyl (C=O) groups is 2. The monoisotopic (exact) mass is 930 g/mol. The highest BCUT2D eigenvalue weighted by Gasteiger charge is 2.35. The minimum Gasteiger partial charge on any atom is -0.480 e. The van der Waals surface area contributed by atoms with Crippen LogP contribution in [-0.4, -0.2) is 61.2 Å². The molecule has 0 amide bonds. The number of carboxylic acid groups (broad SMARTS) is 2. The van der Waals surface area contributed by atoms with Gasteiger partial charge in [0, 0.05) is 10.8 Å². The van der Waals surface area contributed by atoms with E-state index in [1.165, 1.54) is 36.8 Å². The van der Waals surface area contributed by atoms with Gasteiger partial charge in [-0.3, -0.25) is 18.7 Å². The number of thioether (sulfide) groups is 2. The van der Waals surface area contributed by atoms with Crippen molar-refractivity contribution in [3.05, 3.63) is 91.3 Å². The molecule has 2 heterocycles. The largest absolute Gasteiger partial charge is 0.480 e. The molecule has 0 bridgehead atoms. The summed E-state index contributed by atoms with van der Waals surface area (Å²) in [4.78, 5) is 23.1. The molecule has 0 spiro atoms. The average Bonchev–Trinajstić information content (AvgIpc) is 4.06. The highest BCUT2D eigenvalue weighted by Crippen LogP contribution is 2.49. The van der Waals surface area contributed by atoms with Crippen LogP contribution in [-0.2, 0) is 9.59 Å². The average molecular weight is 934 g/mol. The summed E-state index contributed by atoms with van der Waals surface area (Å²) in [6, 6.07) is 20.3. The smallest absolute Gasteiger partial charge is 0.319 e. The first-order chi connectivity index (χ1) is 25.6. The molecule has 54 heavy (non-hydrogen) atoms. The lowest BCUT2D eigenvalue weighted by molar-refractivity contribution is -0.139. The molecule has 2 fully saturated rings. The summed E-state index contributed by atoms with van der Waals surface area (Å²) < 4.78 is 2.43. The third kappa shape index (κ3) is 7.66. The molecule has 2 aliphatic carbocycles. The number of benzene rings is 4. The van der Waals surface area contributed by atoms with E-state index in [2.05, 4.69) is 64.4 Å². The van der Waals surface area contributed by atoms with Crippen LogP contribution >= 0.6 is 78.6 Å². The number of rotatable bonds is 10. The Morgan fingerprint density at radius 1 is 0.648 bits per heavy atom. The van der Waals surface area contributed by atoms with Gasteiger partial charge in [0.2, 0.25) is 9.47 Å². The molecule has 0 aliphatic heterocycles. The van der Waals surface area contributed by atoms with Crippen molar-refractivity contribution < 1.29 is 19.8 Å². The summed E-state index contributed by atoms with van der Waals surface area (Å²) >= 11 is 22.6. The van der Waals surface area contributed by atoms with Crippen molar-refractivity contribution in [1.29, 1.82) is 0 Å². The molecule has 0 radical (unpaired) electrons. The van der Waals surface area contributed by atoms with Crippen LogP contribution in [0, 0.1) is 0 Å². The van der Waals surface area contributed by atoms with Gasteiger partial charge >= 0.3 is 11.9 Å². The summed E-state index contributed by atoms with van der Waals surface area (Å²) in [7, 11) is 0. The van der Waals surface area contributed by atoms with Gasteiger partial charge in [0.1, 0.15) is 9.49 Å². The highest BCUT2D eigenvalue weighted by atomic mass is 79.9. The van der Waals surface area contributed by atoms with E-state index in [0.717, 1.165) is 56.4 Å². The molecule has 0 atom stereocenters. The zero-order valence-electron chi connectivity index (χ0n) is 29.5. The van der Waals surface area contributed by atoms with Gasteiger partial charge in [-0.05, 0) is 131 Å². The van der Waals surface area contributed by atoms with Crippen LogP contribution in [0.15, 0.2) is 80.4 Å². The fraction of sp³-hybridized carbons (Fsp3) is 0.316. The summed E-state index contributed by atoms with van der Waals surface area (Å²) in [5.41, 5.74) is 4.06. The van der Waals surface area contributed by atoms with Crippen molar-refractivity contribution in [1.82, 2.24) is 29.5 Å². The number of fused-ring (bicyclic) bond motifs is 2. The summed E-state index contributed by atoms with van der Waals surface area (Å²) in [5.74, 6) is -0.715. The molecule has 2 aromatic heterocycles. The normalized spacial score (nSPS) is 14.7. The van der Waals surface area contributed by atoms with E-state index >= 15 is 0 Å². The molecule has 0 saturated heterocycles. The highest BCUT2D eigenvalue weighted by molar-refractivity contribution is 9.10. The van der Waals surface area contributed by atoms with Gasteiger partial charge in [0.15, 0.2) is 10.3 Å². The van der Waals surface area contributed by atoms with E-state index in [1.807, 2.05) is 48.5 Å². The van der Waals surface area contributed by atoms with E-state index in [9.17, 15) is 19.8 Å². The maximum Gasteiger partial charge on any atom is 0.319 e. The van der Waals surface area contributed by atoms with Crippen LogP contribution in [0.5, 0.6) is 0 Å². The first-order valence-corrected chi connectivity index (χ1v) is 21.1. The predicted octanol–water partition coefficient (Wildman–Crippen LogP) is 11.3. The lowest BCUT2D eigenvalue weighted by Crippen LogP contribution is -2.27.